The highest BCUT2D eigenvalue weighted by Gasteiger charge is 2.50. The number of aliphatic hydroxyl groups excluding tert-OH is 1. The maximum atomic E-state index is 13.4. The van der Waals surface area contributed by atoms with Crippen molar-refractivity contribution in [3.8, 4) is 5.75 Å². The zero-order valence-corrected chi connectivity index (χ0v) is 18.3. The van der Waals surface area contributed by atoms with Crippen molar-refractivity contribution in [2.75, 3.05) is 11.5 Å². The predicted molar refractivity (Wildman–Crippen MR) is 124 cm³/mol. The predicted octanol–water partition coefficient (Wildman–Crippen LogP) is 4.72. The average molecular weight is 432 g/mol. The monoisotopic (exact) mass is 431 g/mol. The van der Waals surface area contributed by atoms with Crippen molar-refractivity contribution in [3.05, 3.63) is 95.6 Å². The molecule has 0 bridgehead atoms. The molecule has 0 fully saturated rings. The molecule has 0 spiro atoms. The van der Waals surface area contributed by atoms with Crippen LogP contribution in [0.25, 0.3) is 0 Å². The first kappa shape index (κ1) is 22.1. The Hall–Kier alpha value is -3.15. The molecular weight excluding hydrogens is 402 g/mol. The molecular formula is C27H29NO4. The van der Waals surface area contributed by atoms with E-state index in [9.17, 15) is 15.0 Å². The molecule has 1 aliphatic heterocycles. The zero-order valence-electron chi connectivity index (χ0n) is 18.3. The summed E-state index contributed by atoms with van der Waals surface area (Å²) in [7, 11) is 0. The normalized spacial score (nSPS) is 18.5. The van der Waals surface area contributed by atoms with Crippen LogP contribution >= 0.6 is 0 Å². The second kappa shape index (κ2) is 9.55. The molecule has 4 rings (SSSR count). The Balaban J connectivity index is 1.54. The number of fused-ring (bicyclic) bond motifs is 1. The van der Waals surface area contributed by atoms with Gasteiger partial charge in [0.15, 0.2) is 5.60 Å². The van der Waals surface area contributed by atoms with Crippen LogP contribution in [0.5, 0.6) is 5.75 Å². The average Bonchev–Trinajstić information content (AvgIpc) is 3.02. The molecule has 0 radical (unpaired) electrons. The summed E-state index contributed by atoms with van der Waals surface area (Å²) in [6.45, 7) is 3.12. The van der Waals surface area contributed by atoms with Gasteiger partial charge in [-0.2, -0.15) is 0 Å². The number of hydrogen-bond donors (Lipinski definition) is 2. The van der Waals surface area contributed by atoms with Gasteiger partial charge in [-0.05, 0) is 35.7 Å². The maximum absolute atomic E-state index is 13.4. The minimum absolute atomic E-state index is 0.121. The number of amides is 1. The van der Waals surface area contributed by atoms with Crippen LogP contribution in [-0.4, -0.2) is 22.7 Å². The third kappa shape index (κ3) is 4.40. The van der Waals surface area contributed by atoms with Gasteiger partial charge in [0, 0.05) is 12.0 Å². The maximum Gasteiger partial charge on any atom is 0.264 e. The molecule has 1 aliphatic rings. The van der Waals surface area contributed by atoms with E-state index in [2.05, 4.69) is 6.92 Å². The molecule has 3 aromatic carbocycles. The summed E-state index contributed by atoms with van der Waals surface area (Å²) in [5.41, 5.74) is 1.02. The molecule has 0 aliphatic carbocycles. The summed E-state index contributed by atoms with van der Waals surface area (Å²) < 4.78 is 5.68. The molecule has 32 heavy (non-hydrogen) atoms. The van der Waals surface area contributed by atoms with Crippen LogP contribution in [0.1, 0.15) is 49.0 Å². The lowest BCUT2D eigenvalue weighted by Crippen LogP contribution is -2.41. The molecule has 3 aromatic rings. The molecule has 2 N–H and O–H groups in total. The topological polar surface area (TPSA) is 70.0 Å². The standard InChI is InChI=1S/C27H29NO4/c1-2-3-17-32-22-15-13-21(14-16-22)25(29)18-27(31)23-11-7-8-12-24(23)28(26(27)30)19-20-9-5-4-6-10-20/h4-16,25,29,31H,2-3,17-19H2,1H3. The summed E-state index contributed by atoms with van der Waals surface area (Å²) in [4.78, 5) is 15.0. The Bertz CT molecular complexity index is 1050. The smallest absolute Gasteiger partial charge is 0.264 e. The number of aliphatic hydroxyl groups is 2. The SMILES string of the molecule is CCCCOc1ccc(C(O)CC2(O)C(=O)N(Cc3ccccc3)c3ccccc32)cc1. The van der Waals surface area contributed by atoms with Crippen molar-refractivity contribution in [1.82, 2.24) is 0 Å². The van der Waals surface area contributed by atoms with Gasteiger partial charge >= 0.3 is 0 Å². The minimum Gasteiger partial charge on any atom is -0.494 e. The third-order valence-corrected chi connectivity index (χ3v) is 5.94. The van der Waals surface area contributed by atoms with Crippen molar-refractivity contribution in [2.24, 2.45) is 0 Å². The van der Waals surface area contributed by atoms with Crippen molar-refractivity contribution in [2.45, 2.75) is 44.4 Å². The highest BCUT2D eigenvalue weighted by molar-refractivity contribution is 6.06. The molecule has 0 aromatic heterocycles. The summed E-state index contributed by atoms with van der Waals surface area (Å²) in [5, 5.41) is 22.4. The van der Waals surface area contributed by atoms with Crippen LogP contribution in [-0.2, 0) is 16.9 Å². The van der Waals surface area contributed by atoms with E-state index in [1.807, 2.05) is 54.6 Å². The van der Waals surface area contributed by atoms with Crippen LogP contribution in [0.15, 0.2) is 78.9 Å². The molecule has 166 valence electrons. The molecule has 5 nitrogen and oxygen atoms in total. The number of hydrogen-bond acceptors (Lipinski definition) is 4. The van der Waals surface area contributed by atoms with Crippen LogP contribution in [0.3, 0.4) is 0 Å². The van der Waals surface area contributed by atoms with Gasteiger partial charge in [0.05, 0.1) is 24.9 Å². The van der Waals surface area contributed by atoms with E-state index >= 15 is 0 Å². The fraction of sp³-hybridized carbons (Fsp3) is 0.296. The summed E-state index contributed by atoms with van der Waals surface area (Å²) in [6.07, 6.45) is 0.924. The highest BCUT2D eigenvalue weighted by Crippen LogP contribution is 2.45. The van der Waals surface area contributed by atoms with E-state index in [-0.39, 0.29) is 6.42 Å². The molecule has 2 atom stereocenters. The first-order valence-corrected chi connectivity index (χ1v) is 11.1. The van der Waals surface area contributed by atoms with Crippen LogP contribution in [0.4, 0.5) is 5.69 Å². The Morgan fingerprint density at radius 1 is 0.969 bits per heavy atom. The Morgan fingerprint density at radius 3 is 2.38 bits per heavy atom. The third-order valence-electron chi connectivity index (χ3n) is 5.94. The number of ether oxygens (including phenoxy) is 1. The number of unbranched alkanes of at least 4 members (excludes halogenated alkanes) is 1. The number of para-hydroxylation sites is 1. The van der Waals surface area contributed by atoms with Crippen molar-refractivity contribution >= 4 is 11.6 Å². The number of carbonyl (C=O) groups excluding carboxylic acids is 1. The lowest BCUT2D eigenvalue weighted by molar-refractivity contribution is -0.139. The highest BCUT2D eigenvalue weighted by atomic mass is 16.5. The summed E-state index contributed by atoms with van der Waals surface area (Å²) >= 11 is 0. The van der Waals surface area contributed by atoms with Gasteiger partial charge in [0.1, 0.15) is 5.75 Å². The first-order valence-electron chi connectivity index (χ1n) is 11.1. The zero-order chi connectivity index (χ0) is 22.6. The Labute approximate surface area is 188 Å². The second-order valence-corrected chi connectivity index (χ2v) is 8.25. The van der Waals surface area contributed by atoms with Gasteiger partial charge in [-0.1, -0.05) is 74.0 Å². The van der Waals surface area contributed by atoms with Crippen molar-refractivity contribution in [1.29, 1.82) is 0 Å². The number of anilines is 1. The van der Waals surface area contributed by atoms with Crippen molar-refractivity contribution in [3.63, 3.8) is 0 Å². The van der Waals surface area contributed by atoms with E-state index < -0.39 is 17.6 Å². The van der Waals surface area contributed by atoms with Gasteiger partial charge in [0.25, 0.3) is 5.91 Å². The summed E-state index contributed by atoms with van der Waals surface area (Å²) in [5.74, 6) is 0.325. The fourth-order valence-corrected chi connectivity index (χ4v) is 4.15. The van der Waals surface area contributed by atoms with Crippen LogP contribution in [0, 0.1) is 0 Å². The minimum atomic E-state index is -1.79. The molecule has 0 saturated heterocycles. The van der Waals surface area contributed by atoms with Crippen LogP contribution in [0.2, 0.25) is 0 Å². The first-order chi connectivity index (χ1) is 15.5. The molecule has 2 unspecified atom stereocenters. The van der Waals surface area contributed by atoms with E-state index in [1.165, 1.54) is 0 Å². The van der Waals surface area contributed by atoms with Gasteiger partial charge in [0.2, 0.25) is 0 Å². The Morgan fingerprint density at radius 2 is 1.66 bits per heavy atom. The van der Waals surface area contributed by atoms with Gasteiger partial charge in [-0.15, -0.1) is 0 Å². The van der Waals surface area contributed by atoms with E-state index in [1.54, 1.807) is 29.2 Å². The van der Waals surface area contributed by atoms with E-state index in [0.29, 0.717) is 30.0 Å². The quantitative estimate of drug-likeness (QED) is 0.481. The molecule has 0 saturated carbocycles. The molecule has 5 heteroatoms. The number of benzene rings is 3. The van der Waals surface area contributed by atoms with E-state index in [4.69, 9.17) is 4.74 Å². The largest absolute Gasteiger partial charge is 0.494 e. The van der Waals surface area contributed by atoms with Gasteiger partial charge in [-0.25, -0.2) is 0 Å². The number of rotatable bonds is 9. The molecule has 1 amide bonds. The lowest BCUT2D eigenvalue weighted by atomic mass is 9.87. The number of carbonyl (C=O) groups is 1. The number of nitrogens with zero attached hydrogens (tertiary/aromatic N) is 1. The van der Waals surface area contributed by atoms with Gasteiger partial charge < -0.3 is 19.8 Å². The fourth-order valence-electron chi connectivity index (χ4n) is 4.15. The van der Waals surface area contributed by atoms with Gasteiger partial charge in [-0.3, -0.25) is 4.79 Å². The summed E-state index contributed by atoms with van der Waals surface area (Å²) in [6, 6.07) is 24.1. The molecule has 1 heterocycles. The van der Waals surface area contributed by atoms with Crippen LogP contribution < -0.4 is 9.64 Å². The van der Waals surface area contributed by atoms with E-state index in [0.717, 1.165) is 24.2 Å². The lowest BCUT2D eigenvalue weighted by Gasteiger charge is -2.26. The second-order valence-electron chi connectivity index (χ2n) is 8.25. The van der Waals surface area contributed by atoms with Crippen molar-refractivity contribution < 1.29 is 19.7 Å². The Kier molecular flexibility index (Phi) is 6.58.